The second-order valence-electron chi connectivity index (χ2n) is 4.64. The van der Waals surface area contributed by atoms with Gasteiger partial charge in [0, 0.05) is 17.1 Å². The van der Waals surface area contributed by atoms with Crippen LogP contribution in [0, 0.1) is 12.8 Å². The number of hydrogen-bond donors (Lipinski definition) is 3. The van der Waals surface area contributed by atoms with Crippen molar-refractivity contribution in [3.05, 3.63) is 28.8 Å². The predicted octanol–water partition coefficient (Wildman–Crippen LogP) is 3.01. The quantitative estimate of drug-likeness (QED) is 0.593. The van der Waals surface area contributed by atoms with Crippen LogP contribution in [0.15, 0.2) is 18.2 Å². The van der Waals surface area contributed by atoms with Gasteiger partial charge in [-0.1, -0.05) is 31.5 Å². The Hall–Kier alpha value is -1.33. The Bertz CT molecular complexity index is 477. The maximum atomic E-state index is 11.4. The molecule has 6 heteroatoms. The Balaban J connectivity index is 2.48. The second kappa shape index (κ2) is 7.31. The van der Waals surface area contributed by atoms with E-state index >= 15 is 0 Å². The van der Waals surface area contributed by atoms with Crippen molar-refractivity contribution in [2.45, 2.75) is 27.2 Å². The van der Waals surface area contributed by atoms with Gasteiger partial charge < -0.3 is 5.32 Å². The number of thiocarbonyl (C=S) groups is 1. The number of halogens is 1. The minimum Gasteiger partial charge on any atom is -0.331 e. The molecular weight excluding hydrogens is 282 g/mol. The van der Waals surface area contributed by atoms with Gasteiger partial charge in [0.1, 0.15) is 0 Å². The molecule has 19 heavy (non-hydrogen) atoms. The maximum Gasteiger partial charge on any atom is 0.238 e. The molecule has 0 aliphatic heterocycles. The van der Waals surface area contributed by atoms with E-state index in [-0.39, 0.29) is 5.91 Å². The van der Waals surface area contributed by atoms with E-state index < -0.39 is 0 Å². The average Bonchev–Trinajstić information content (AvgIpc) is 2.32. The second-order valence-corrected chi connectivity index (χ2v) is 5.45. The summed E-state index contributed by atoms with van der Waals surface area (Å²) in [7, 11) is 0. The van der Waals surface area contributed by atoms with Crippen LogP contribution in [0.1, 0.15) is 25.8 Å². The Morgan fingerprint density at radius 1 is 1.37 bits per heavy atom. The SMILES string of the molecule is Cc1c(Cl)cccc1NC(=S)NNC(=O)CC(C)C. The number of amides is 1. The molecular formula is C13H18ClN3OS. The van der Waals surface area contributed by atoms with Crippen LogP contribution in [0.25, 0.3) is 0 Å². The Kier molecular flexibility index (Phi) is 6.05. The number of hydrazine groups is 1. The standard InChI is InChI=1S/C13H18ClN3OS/c1-8(2)7-12(18)16-17-13(19)15-11-6-4-5-10(14)9(11)3/h4-6,8H,7H2,1-3H3,(H,16,18)(H2,15,17,19). The highest BCUT2D eigenvalue weighted by atomic mass is 35.5. The number of nitrogens with one attached hydrogen (secondary N) is 3. The summed E-state index contributed by atoms with van der Waals surface area (Å²) in [5, 5.41) is 3.97. The number of anilines is 1. The van der Waals surface area contributed by atoms with Crippen molar-refractivity contribution in [2.24, 2.45) is 5.92 Å². The molecule has 0 unspecified atom stereocenters. The molecule has 0 spiro atoms. The van der Waals surface area contributed by atoms with Gasteiger partial charge in [0.25, 0.3) is 0 Å². The van der Waals surface area contributed by atoms with Crippen molar-refractivity contribution < 1.29 is 4.79 Å². The molecule has 1 aromatic carbocycles. The molecule has 4 nitrogen and oxygen atoms in total. The lowest BCUT2D eigenvalue weighted by Crippen LogP contribution is -2.44. The van der Waals surface area contributed by atoms with Gasteiger partial charge in [-0.2, -0.15) is 0 Å². The fraction of sp³-hybridized carbons (Fsp3) is 0.385. The Morgan fingerprint density at radius 2 is 2.05 bits per heavy atom. The van der Waals surface area contributed by atoms with Crippen molar-refractivity contribution in [3.8, 4) is 0 Å². The first kappa shape index (κ1) is 15.7. The Morgan fingerprint density at radius 3 is 2.68 bits per heavy atom. The van der Waals surface area contributed by atoms with Crippen molar-refractivity contribution in [1.29, 1.82) is 0 Å². The van der Waals surface area contributed by atoms with Crippen LogP contribution in [0.3, 0.4) is 0 Å². The van der Waals surface area contributed by atoms with Crippen molar-refractivity contribution >= 4 is 40.5 Å². The molecule has 0 fully saturated rings. The van der Waals surface area contributed by atoms with Crippen LogP contribution in [-0.4, -0.2) is 11.0 Å². The fourth-order valence-electron chi connectivity index (χ4n) is 1.44. The highest BCUT2D eigenvalue weighted by molar-refractivity contribution is 7.80. The highest BCUT2D eigenvalue weighted by Gasteiger charge is 2.06. The van der Waals surface area contributed by atoms with Crippen LogP contribution in [-0.2, 0) is 4.79 Å². The van der Waals surface area contributed by atoms with E-state index in [4.69, 9.17) is 23.8 Å². The molecule has 0 atom stereocenters. The van der Waals surface area contributed by atoms with E-state index in [1.54, 1.807) is 0 Å². The fourth-order valence-corrected chi connectivity index (χ4v) is 1.78. The summed E-state index contributed by atoms with van der Waals surface area (Å²) in [5.41, 5.74) is 6.92. The summed E-state index contributed by atoms with van der Waals surface area (Å²) < 4.78 is 0. The third-order valence-electron chi connectivity index (χ3n) is 2.42. The van der Waals surface area contributed by atoms with Crippen molar-refractivity contribution in [3.63, 3.8) is 0 Å². The molecule has 0 heterocycles. The third kappa shape index (κ3) is 5.44. The molecule has 1 amide bonds. The summed E-state index contributed by atoms with van der Waals surface area (Å²) in [6.07, 6.45) is 0.450. The average molecular weight is 300 g/mol. The number of hydrogen-bond acceptors (Lipinski definition) is 2. The topological polar surface area (TPSA) is 53.2 Å². The highest BCUT2D eigenvalue weighted by Crippen LogP contribution is 2.22. The van der Waals surface area contributed by atoms with Crippen LogP contribution in [0.4, 0.5) is 5.69 Å². The lowest BCUT2D eigenvalue weighted by molar-refractivity contribution is -0.122. The van der Waals surface area contributed by atoms with E-state index in [1.165, 1.54) is 0 Å². The molecule has 0 aliphatic rings. The van der Waals surface area contributed by atoms with Crippen LogP contribution in [0.5, 0.6) is 0 Å². The van der Waals surface area contributed by atoms with Gasteiger partial charge >= 0.3 is 0 Å². The number of benzene rings is 1. The van der Waals surface area contributed by atoms with Gasteiger partial charge in [0.2, 0.25) is 5.91 Å². The molecule has 3 N–H and O–H groups in total. The van der Waals surface area contributed by atoms with Gasteiger partial charge in [-0.05, 0) is 42.8 Å². The van der Waals surface area contributed by atoms with Gasteiger partial charge in [-0.25, -0.2) is 0 Å². The van der Waals surface area contributed by atoms with Crippen LogP contribution < -0.4 is 16.2 Å². The molecule has 104 valence electrons. The molecule has 0 saturated heterocycles. The summed E-state index contributed by atoms with van der Waals surface area (Å²) >= 11 is 11.1. The maximum absolute atomic E-state index is 11.4. The van der Waals surface area contributed by atoms with E-state index in [0.29, 0.717) is 22.5 Å². The van der Waals surface area contributed by atoms with E-state index in [9.17, 15) is 4.79 Å². The van der Waals surface area contributed by atoms with E-state index in [2.05, 4.69) is 16.2 Å². The van der Waals surface area contributed by atoms with E-state index in [1.807, 2.05) is 39.0 Å². The van der Waals surface area contributed by atoms with Gasteiger partial charge in [0.05, 0.1) is 0 Å². The van der Waals surface area contributed by atoms with Crippen LogP contribution >= 0.6 is 23.8 Å². The zero-order chi connectivity index (χ0) is 14.4. The van der Waals surface area contributed by atoms with Crippen molar-refractivity contribution in [1.82, 2.24) is 10.9 Å². The van der Waals surface area contributed by atoms with Gasteiger partial charge in [-0.3, -0.25) is 15.6 Å². The number of carbonyl (C=O) groups excluding carboxylic acids is 1. The first-order chi connectivity index (χ1) is 8.90. The zero-order valence-electron chi connectivity index (χ0n) is 11.2. The smallest absolute Gasteiger partial charge is 0.238 e. The minimum absolute atomic E-state index is 0.0954. The predicted molar refractivity (Wildman–Crippen MR) is 83.1 cm³/mol. The number of carbonyl (C=O) groups is 1. The monoisotopic (exact) mass is 299 g/mol. The summed E-state index contributed by atoms with van der Waals surface area (Å²) in [5.74, 6) is 0.209. The first-order valence-electron chi connectivity index (χ1n) is 6.01. The molecule has 0 aromatic heterocycles. The largest absolute Gasteiger partial charge is 0.331 e. The zero-order valence-corrected chi connectivity index (χ0v) is 12.8. The minimum atomic E-state index is -0.0954. The molecule has 0 bridgehead atoms. The summed E-state index contributed by atoms with van der Waals surface area (Å²) in [6.45, 7) is 5.85. The van der Waals surface area contributed by atoms with E-state index in [0.717, 1.165) is 11.3 Å². The normalized spacial score (nSPS) is 10.2. The van der Waals surface area contributed by atoms with Gasteiger partial charge in [0.15, 0.2) is 5.11 Å². The molecule has 0 aliphatic carbocycles. The lowest BCUT2D eigenvalue weighted by Gasteiger charge is -2.14. The third-order valence-corrected chi connectivity index (χ3v) is 3.04. The summed E-state index contributed by atoms with van der Waals surface area (Å²) in [4.78, 5) is 11.4. The van der Waals surface area contributed by atoms with Crippen LogP contribution in [0.2, 0.25) is 5.02 Å². The molecule has 0 saturated carbocycles. The first-order valence-corrected chi connectivity index (χ1v) is 6.79. The molecule has 0 radical (unpaired) electrons. The van der Waals surface area contributed by atoms with Gasteiger partial charge in [-0.15, -0.1) is 0 Å². The molecule has 1 aromatic rings. The summed E-state index contributed by atoms with van der Waals surface area (Å²) in [6, 6.07) is 5.51. The molecule has 1 rings (SSSR count). The number of rotatable bonds is 3. The Labute approximate surface area is 123 Å². The van der Waals surface area contributed by atoms with Crippen molar-refractivity contribution in [2.75, 3.05) is 5.32 Å². The lowest BCUT2D eigenvalue weighted by atomic mass is 10.1.